The van der Waals surface area contributed by atoms with Gasteiger partial charge in [-0.3, -0.25) is 0 Å². The first kappa shape index (κ1) is 14.6. The van der Waals surface area contributed by atoms with Gasteiger partial charge in [-0.25, -0.2) is 0 Å². The second-order valence-electron chi connectivity index (χ2n) is 5.43. The van der Waals surface area contributed by atoms with Gasteiger partial charge in [0.05, 0.1) is 12.6 Å². The van der Waals surface area contributed by atoms with Crippen LogP contribution in [0.2, 0.25) is 0 Å². The van der Waals surface area contributed by atoms with E-state index in [9.17, 15) is 0 Å². The van der Waals surface area contributed by atoms with Gasteiger partial charge in [-0.2, -0.15) is 0 Å². The van der Waals surface area contributed by atoms with Gasteiger partial charge < -0.3 is 10.1 Å². The number of benzene rings is 2. The molecule has 0 radical (unpaired) electrons. The summed E-state index contributed by atoms with van der Waals surface area (Å²) in [5.41, 5.74) is 5.07. The zero-order chi connectivity index (χ0) is 14.8. The van der Waals surface area contributed by atoms with Crippen LogP contribution in [0, 0.1) is 6.92 Å². The van der Waals surface area contributed by atoms with Crippen LogP contribution in [-0.2, 0) is 6.42 Å². The van der Waals surface area contributed by atoms with Crippen molar-refractivity contribution in [2.75, 3.05) is 13.2 Å². The Morgan fingerprint density at radius 1 is 1.29 bits per heavy atom. The molecule has 3 rings (SSSR count). The lowest BCUT2D eigenvalue weighted by Gasteiger charge is -2.22. The topological polar surface area (TPSA) is 21.3 Å². The van der Waals surface area contributed by atoms with Crippen LogP contribution < -0.4 is 10.1 Å². The maximum Gasteiger partial charge on any atom is 0.127 e. The van der Waals surface area contributed by atoms with E-state index < -0.39 is 0 Å². The molecular formula is C18H20BrNO. The first-order valence-electron chi connectivity index (χ1n) is 7.44. The molecule has 2 aromatic rings. The second-order valence-corrected chi connectivity index (χ2v) is 6.29. The number of fused-ring (bicyclic) bond motifs is 1. The van der Waals surface area contributed by atoms with Crippen LogP contribution in [0.1, 0.15) is 35.2 Å². The highest BCUT2D eigenvalue weighted by molar-refractivity contribution is 9.10. The number of halogens is 1. The monoisotopic (exact) mass is 345 g/mol. The van der Waals surface area contributed by atoms with E-state index in [4.69, 9.17) is 4.74 Å². The van der Waals surface area contributed by atoms with E-state index in [0.717, 1.165) is 29.8 Å². The molecule has 0 aromatic heterocycles. The number of ether oxygens (including phenoxy) is 1. The summed E-state index contributed by atoms with van der Waals surface area (Å²) in [6, 6.07) is 13.2. The standard InChI is InChI=1S/C18H20BrNO/c1-3-20-17(14-8-7-12(2)16(19)11-14)15-6-4-5-13-9-10-21-18(13)15/h4-8,11,17,20H,3,9-10H2,1-2H3. The minimum atomic E-state index is 0.167. The van der Waals surface area contributed by atoms with E-state index in [-0.39, 0.29) is 6.04 Å². The van der Waals surface area contributed by atoms with E-state index in [2.05, 4.69) is 71.5 Å². The van der Waals surface area contributed by atoms with Crippen LogP contribution in [-0.4, -0.2) is 13.2 Å². The van der Waals surface area contributed by atoms with E-state index in [1.807, 2.05) is 0 Å². The lowest BCUT2D eigenvalue weighted by molar-refractivity contribution is 0.350. The SMILES string of the molecule is CCNC(c1ccc(C)c(Br)c1)c1cccc2c1OCC2. The Morgan fingerprint density at radius 3 is 2.90 bits per heavy atom. The predicted molar refractivity (Wildman–Crippen MR) is 90.0 cm³/mol. The van der Waals surface area contributed by atoms with Crippen molar-refractivity contribution in [3.8, 4) is 5.75 Å². The highest BCUT2D eigenvalue weighted by Crippen LogP contribution is 2.37. The second kappa shape index (κ2) is 6.20. The van der Waals surface area contributed by atoms with Gasteiger partial charge >= 0.3 is 0 Å². The van der Waals surface area contributed by atoms with Gasteiger partial charge in [0.25, 0.3) is 0 Å². The predicted octanol–water partition coefficient (Wildman–Crippen LogP) is 4.39. The van der Waals surface area contributed by atoms with Gasteiger partial charge in [0.2, 0.25) is 0 Å². The normalized spacial score (nSPS) is 14.6. The van der Waals surface area contributed by atoms with Crippen molar-refractivity contribution in [3.63, 3.8) is 0 Å². The van der Waals surface area contributed by atoms with Crippen LogP contribution in [0.5, 0.6) is 5.75 Å². The van der Waals surface area contributed by atoms with E-state index in [1.165, 1.54) is 22.3 Å². The molecule has 1 heterocycles. The van der Waals surface area contributed by atoms with E-state index in [1.54, 1.807) is 0 Å². The molecule has 1 aliphatic rings. The largest absolute Gasteiger partial charge is 0.493 e. The van der Waals surface area contributed by atoms with Gasteiger partial charge in [-0.05, 0) is 36.2 Å². The molecule has 1 aliphatic heterocycles. The molecule has 0 fully saturated rings. The summed E-state index contributed by atoms with van der Waals surface area (Å²) in [5, 5.41) is 3.59. The van der Waals surface area contributed by atoms with Gasteiger partial charge in [0, 0.05) is 16.5 Å². The molecule has 0 amide bonds. The van der Waals surface area contributed by atoms with Crippen molar-refractivity contribution in [2.45, 2.75) is 26.3 Å². The van der Waals surface area contributed by atoms with Crippen LogP contribution in [0.4, 0.5) is 0 Å². The lowest BCUT2D eigenvalue weighted by Crippen LogP contribution is -2.22. The van der Waals surface area contributed by atoms with Crippen LogP contribution in [0.15, 0.2) is 40.9 Å². The summed E-state index contributed by atoms with van der Waals surface area (Å²) in [4.78, 5) is 0. The van der Waals surface area contributed by atoms with Crippen LogP contribution in [0.25, 0.3) is 0 Å². The van der Waals surface area contributed by atoms with Crippen molar-refractivity contribution in [1.29, 1.82) is 0 Å². The first-order valence-corrected chi connectivity index (χ1v) is 8.24. The fraction of sp³-hybridized carbons (Fsp3) is 0.333. The smallest absolute Gasteiger partial charge is 0.127 e. The van der Waals surface area contributed by atoms with Crippen molar-refractivity contribution >= 4 is 15.9 Å². The summed E-state index contributed by atoms with van der Waals surface area (Å²) < 4.78 is 7.03. The third kappa shape index (κ3) is 2.85. The van der Waals surface area contributed by atoms with Gasteiger partial charge in [-0.1, -0.05) is 53.2 Å². The fourth-order valence-electron chi connectivity index (χ4n) is 2.87. The number of nitrogens with one attached hydrogen (secondary N) is 1. The summed E-state index contributed by atoms with van der Waals surface area (Å²) in [7, 11) is 0. The molecule has 1 N–H and O–H groups in total. The third-order valence-corrected chi connectivity index (χ3v) is 4.85. The molecule has 1 atom stereocenters. The Labute approximate surface area is 134 Å². The quantitative estimate of drug-likeness (QED) is 0.887. The number of rotatable bonds is 4. The van der Waals surface area contributed by atoms with Crippen LogP contribution >= 0.6 is 15.9 Å². The molecule has 0 saturated carbocycles. The average Bonchev–Trinajstić information content (AvgIpc) is 2.96. The first-order chi connectivity index (χ1) is 10.2. The molecule has 21 heavy (non-hydrogen) atoms. The number of hydrogen-bond donors (Lipinski definition) is 1. The highest BCUT2D eigenvalue weighted by atomic mass is 79.9. The van der Waals surface area contributed by atoms with Crippen molar-refractivity contribution in [1.82, 2.24) is 5.32 Å². The molecule has 3 heteroatoms. The molecule has 2 aromatic carbocycles. The molecule has 110 valence electrons. The summed E-state index contributed by atoms with van der Waals surface area (Å²) in [5.74, 6) is 1.07. The maximum atomic E-state index is 5.88. The minimum absolute atomic E-state index is 0.167. The van der Waals surface area contributed by atoms with Crippen molar-refractivity contribution in [3.05, 3.63) is 63.1 Å². The molecular weight excluding hydrogens is 326 g/mol. The molecule has 2 nitrogen and oxygen atoms in total. The fourth-order valence-corrected chi connectivity index (χ4v) is 3.26. The van der Waals surface area contributed by atoms with E-state index in [0.29, 0.717) is 0 Å². The summed E-state index contributed by atoms with van der Waals surface area (Å²) in [6.45, 7) is 5.96. The highest BCUT2D eigenvalue weighted by Gasteiger charge is 2.23. The number of hydrogen-bond acceptors (Lipinski definition) is 2. The minimum Gasteiger partial charge on any atom is -0.493 e. The Balaban J connectivity index is 2.06. The Morgan fingerprint density at radius 2 is 2.14 bits per heavy atom. The van der Waals surface area contributed by atoms with Gasteiger partial charge in [0.15, 0.2) is 0 Å². The Hall–Kier alpha value is -1.32. The Kier molecular flexibility index (Phi) is 4.32. The van der Waals surface area contributed by atoms with E-state index >= 15 is 0 Å². The number of para-hydroxylation sites is 1. The summed E-state index contributed by atoms with van der Waals surface area (Å²) in [6.07, 6.45) is 1.01. The Bertz CT molecular complexity index is 654. The maximum absolute atomic E-state index is 5.88. The van der Waals surface area contributed by atoms with Gasteiger partial charge in [-0.15, -0.1) is 0 Å². The number of aryl methyl sites for hydroxylation is 1. The van der Waals surface area contributed by atoms with Gasteiger partial charge in [0.1, 0.15) is 5.75 Å². The molecule has 0 bridgehead atoms. The van der Waals surface area contributed by atoms with Crippen molar-refractivity contribution < 1.29 is 4.74 Å². The average molecular weight is 346 g/mol. The van der Waals surface area contributed by atoms with Crippen molar-refractivity contribution in [2.24, 2.45) is 0 Å². The summed E-state index contributed by atoms with van der Waals surface area (Å²) >= 11 is 3.64. The lowest BCUT2D eigenvalue weighted by atomic mass is 9.95. The third-order valence-electron chi connectivity index (χ3n) is 3.99. The zero-order valence-electron chi connectivity index (χ0n) is 12.4. The zero-order valence-corrected chi connectivity index (χ0v) is 14.0. The molecule has 0 aliphatic carbocycles. The molecule has 1 unspecified atom stereocenters. The molecule has 0 spiro atoms. The van der Waals surface area contributed by atoms with Crippen LogP contribution in [0.3, 0.4) is 0 Å². The molecule has 0 saturated heterocycles.